The van der Waals surface area contributed by atoms with Crippen molar-refractivity contribution in [2.75, 3.05) is 18.0 Å². The molecule has 6 nitrogen and oxygen atoms in total. The molecule has 1 unspecified atom stereocenters. The van der Waals surface area contributed by atoms with E-state index in [-0.39, 0.29) is 23.8 Å². The van der Waals surface area contributed by atoms with Crippen LogP contribution in [0.25, 0.3) is 0 Å². The Morgan fingerprint density at radius 3 is 2.54 bits per heavy atom. The molecule has 196 valence electrons. The molecule has 2 aromatic carbocycles. The molecule has 0 radical (unpaired) electrons. The molecule has 2 heterocycles. The van der Waals surface area contributed by atoms with E-state index in [1.54, 1.807) is 0 Å². The first kappa shape index (κ1) is 25.5. The molecule has 0 spiro atoms. The van der Waals surface area contributed by atoms with Crippen LogP contribution in [0.3, 0.4) is 0 Å². The van der Waals surface area contributed by atoms with Crippen LogP contribution in [0.5, 0.6) is 0 Å². The van der Waals surface area contributed by atoms with Gasteiger partial charge in [-0.2, -0.15) is 0 Å². The Morgan fingerprint density at radius 2 is 1.76 bits per heavy atom. The van der Waals surface area contributed by atoms with Gasteiger partial charge in [0.2, 0.25) is 5.91 Å². The quantitative estimate of drug-likeness (QED) is 0.334. The first-order valence-corrected chi connectivity index (χ1v) is 13.8. The van der Waals surface area contributed by atoms with Gasteiger partial charge in [0.05, 0.1) is 11.7 Å². The number of anilines is 1. The van der Waals surface area contributed by atoms with Gasteiger partial charge in [-0.05, 0) is 100 Å². The Balaban J connectivity index is 1.24. The number of ketones is 1. The number of carbonyl (C=O) groups is 3. The van der Waals surface area contributed by atoms with Crippen LogP contribution in [0.1, 0.15) is 97.9 Å². The van der Waals surface area contributed by atoms with E-state index in [9.17, 15) is 14.4 Å². The lowest BCUT2D eigenvalue weighted by Crippen LogP contribution is -2.41. The van der Waals surface area contributed by atoms with Crippen LogP contribution >= 0.6 is 0 Å². The number of unbranched alkanes of at least 4 members (excludes halogenated alkanes) is 1. The molecule has 0 aromatic heterocycles. The zero-order chi connectivity index (χ0) is 26.2. The Bertz CT molecular complexity index is 1210. The van der Waals surface area contributed by atoms with Gasteiger partial charge in [0, 0.05) is 31.5 Å². The number of benzene rings is 2. The summed E-state index contributed by atoms with van der Waals surface area (Å²) in [5.74, 6) is 0.335. The highest BCUT2D eigenvalue weighted by molar-refractivity contribution is 6.02. The molecule has 0 N–H and O–H groups in total. The standard InChI is InChI=1S/C31H38N2O4/c1-31(2,3)37-30(36)32(26-12-8-10-21-9-4-5-11-25(21)26)17-7-6-13-27(34)24-19-22-14-15-28(35)33-18-16-23(20-24)29(22)33/h4-5,9,11,19-20,26H,6-8,10,12-18H2,1-3H3. The van der Waals surface area contributed by atoms with Crippen molar-refractivity contribution in [3.05, 3.63) is 64.2 Å². The van der Waals surface area contributed by atoms with Crippen molar-refractivity contribution in [3.8, 4) is 0 Å². The molecule has 0 saturated heterocycles. The third-order valence-electron chi connectivity index (χ3n) is 7.77. The van der Waals surface area contributed by atoms with E-state index in [1.807, 2.05) is 48.8 Å². The number of hydrogen-bond acceptors (Lipinski definition) is 4. The van der Waals surface area contributed by atoms with E-state index in [1.165, 1.54) is 11.1 Å². The Labute approximate surface area is 220 Å². The Hall–Kier alpha value is -3.15. The number of carbonyl (C=O) groups excluding carboxylic acids is 3. The molecule has 1 atom stereocenters. The molecular formula is C31H38N2O4. The van der Waals surface area contributed by atoms with E-state index < -0.39 is 5.60 Å². The summed E-state index contributed by atoms with van der Waals surface area (Å²) in [6, 6.07) is 12.4. The second-order valence-electron chi connectivity index (χ2n) is 11.6. The Kier molecular flexibility index (Phi) is 7.11. The fraction of sp³-hybridized carbons (Fsp3) is 0.516. The molecule has 37 heavy (non-hydrogen) atoms. The number of fused-ring (bicyclic) bond motifs is 1. The lowest BCUT2D eigenvalue weighted by atomic mass is 9.87. The van der Waals surface area contributed by atoms with Crippen LogP contribution in [0.2, 0.25) is 0 Å². The van der Waals surface area contributed by atoms with Gasteiger partial charge >= 0.3 is 6.09 Å². The molecule has 2 aliphatic heterocycles. The van der Waals surface area contributed by atoms with Crippen LogP contribution < -0.4 is 4.90 Å². The van der Waals surface area contributed by atoms with Gasteiger partial charge in [0.15, 0.2) is 5.78 Å². The summed E-state index contributed by atoms with van der Waals surface area (Å²) in [6.45, 7) is 6.98. The summed E-state index contributed by atoms with van der Waals surface area (Å²) in [4.78, 5) is 42.4. The van der Waals surface area contributed by atoms with E-state index >= 15 is 0 Å². The van der Waals surface area contributed by atoms with Crippen molar-refractivity contribution < 1.29 is 19.1 Å². The third-order valence-corrected chi connectivity index (χ3v) is 7.77. The maximum Gasteiger partial charge on any atom is 0.410 e. The lowest BCUT2D eigenvalue weighted by Gasteiger charge is -2.37. The van der Waals surface area contributed by atoms with Crippen LogP contribution in [-0.2, 0) is 28.8 Å². The first-order valence-electron chi connectivity index (χ1n) is 13.8. The van der Waals surface area contributed by atoms with Crippen LogP contribution in [-0.4, -0.2) is 41.4 Å². The van der Waals surface area contributed by atoms with Gasteiger partial charge in [-0.15, -0.1) is 0 Å². The normalized spacial score (nSPS) is 18.3. The highest BCUT2D eigenvalue weighted by Crippen LogP contribution is 2.38. The van der Waals surface area contributed by atoms with Crippen molar-refractivity contribution in [1.29, 1.82) is 0 Å². The van der Waals surface area contributed by atoms with Crippen molar-refractivity contribution in [3.63, 3.8) is 0 Å². The SMILES string of the molecule is CC(C)(C)OC(=O)N(CCCCC(=O)c1cc2c3c(c1)CCN3C(=O)CC2)C1CCCc2ccccc21. The van der Waals surface area contributed by atoms with Crippen molar-refractivity contribution >= 4 is 23.5 Å². The molecule has 6 heteroatoms. The first-order chi connectivity index (χ1) is 17.7. The largest absolute Gasteiger partial charge is 0.444 e. The summed E-state index contributed by atoms with van der Waals surface area (Å²) in [6.07, 6.45) is 6.69. The van der Waals surface area contributed by atoms with E-state index in [4.69, 9.17) is 4.74 Å². The second-order valence-corrected chi connectivity index (χ2v) is 11.6. The number of rotatable bonds is 7. The van der Waals surface area contributed by atoms with Gasteiger partial charge in [0.25, 0.3) is 0 Å². The maximum atomic E-state index is 13.3. The van der Waals surface area contributed by atoms with Gasteiger partial charge in [-0.25, -0.2) is 4.79 Å². The van der Waals surface area contributed by atoms with Gasteiger partial charge in [-0.3, -0.25) is 9.59 Å². The molecule has 2 amide bonds. The van der Waals surface area contributed by atoms with Crippen molar-refractivity contribution in [2.24, 2.45) is 0 Å². The topological polar surface area (TPSA) is 66.9 Å². The predicted octanol–water partition coefficient (Wildman–Crippen LogP) is 6.19. The molecule has 5 rings (SSSR count). The van der Waals surface area contributed by atoms with E-state index in [0.717, 1.165) is 61.0 Å². The molecule has 3 aliphatic rings. The number of Topliss-reactive ketones (excluding diaryl/α,β-unsaturated/α-hetero) is 1. The molecule has 2 aromatic rings. The number of aryl methyl sites for hydroxylation is 2. The summed E-state index contributed by atoms with van der Waals surface area (Å²) in [5, 5.41) is 0. The van der Waals surface area contributed by atoms with Crippen molar-refractivity contribution in [1.82, 2.24) is 4.90 Å². The molecule has 0 bridgehead atoms. The fourth-order valence-corrected chi connectivity index (χ4v) is 6.08. The van der Waals surface area contributed by atoms with Gasteiger partial charge in [0.1, 0.15) is 5.60 Å². The summed E-state index contributed by atoms with van der Waals surface area (Å²) in [7, 11) is 0. The fourth-order valence-electron chi connectivity index (χ4n) is 6.08. The summed E-state index contributed by atoms with van der Waals surface area (Å²) < 4.78 is 5.80. The van der Waals surface area contributed by atoms with Gasteiger partial charge in [-0.1, -0.05) is 24.3 Å². The number of ether oxygens (including phenoxy) is 1. The summed E-state index contributed by atoms with van der Waals surface area (Å²) in [5.41, 5.74) is 6.03. The highest BCUT2D eigenvalue weighted by atomic mass is 16.6. The minimum atomic E-state index is -0.562. The summed E-state index contributed by atoms with van der Waals surface area (Å²) >= 11 is 0. The van der Waals surface area contributed by atoms with Crippen LogP contribution in [0.15, 0.2) is 36.4 Å². The predicted molar refractivity (Wildman–Crippen MR) is 144 cm³/mol. The monoisotopic (exact) mass is 502 g/mol. The van der Waals surface area contributed by atoms with Crippen molar-refractivity contribution in [2.45, 2.75) is 90.2 Å². The molecular weight excluding hydrogens is 464 g/mol. The number of amides is 2. The smallest absolute Gasteiger partial charge is 0.410 e. The maximum absolute atomic E-state index is 13.3. The lowest BCUT2D eigenvalue weighted by molar-refractivity contribution is -0.118. The minimum absolute atomic E-state index is 0.00553. The van der Waals surface area contributed by atoms with Gasteiger partial charge < -0.3 is 14.5 Å². The zero-order valence-corrected chi connectivity index (χ0v) is 22.3. The average molecular weight is 503 g/mol. The second kappa shape index (κ2) is 10.3. The molecule has 0 fully saturated rings. The zero-order valence-electron chi connectivity index (χ0n) is 22.3. The third kappa shape index (κ3) is 5.43. The number of nitrogens with zero attached hydrogens (tertiary/aromatic N) is 2. The van der Waals surface area contributed by atoms with E-state index in [0.29, 0.717) is 32.2 Å². The highest BCUT2D eigenvalue weighted by Gasteiger charge is 2.33. The molecule has 0 saturated carbocycles. The Morgan fingerprint density at radius 1 is 1.00 bits per heavy atom. The average Bonchev–Trinajstić information content (AvgIpc) is 3.30. The van der Waals surface area contributed by atoms with Crippen LogP contribution in [0.4, 0.5) is 10.5 Å². The molecule has 1 aliphatic carbocycles. The minimum Gasteiger partial charge on any atom is -0.444 e. The van der Waals surface area contributed by atoms with Crippen LogP contribution in [0, 0.1) is 0 Å². The number of hydrogen-bond donors (Lipinski definition) is 0. The van der Waals surface area contributed by atoms with E-state index in [2.05, 4.69) is 18.2 Å².